The van der Waals surface area contributed by atoms with E-state index in [4.69, 9.17) is 5.11 Å². The van der Waals surface area contributed by atoms with Crippen molar-refractivity contribution in [1.29, 1.82) is 0 Å². The van der Waals surface area contributed by atoms with E-state index < -0.39 is 5.97 Å². The molecule has 0 atom stereocenters. The largest absolute Gasteiger partial charge is 0.478 e. The summed E-state index contributed by atoms with van der Waals surface area (Å²) in [7, 11) is 0. The van der Waals surface area contributed by atoms with E-state index in [9.17, 15) is 4.79 Å². The molecule has 0 amide bonds. The van der Waals surface area contributed by atoms with Gasteiger partial charge in [-0.1, -0.05) is 32.8 Å². The summed E-state index contributed by atoms with van der Waals surface area (Å²) >= 11 is 0. The van der Waals surface area contributed by atoms with Crippen molar-refractivity contribution in [3.63, 3.8) is 0 Å². The SMILES string of the molecule is CCCC/C(CC(C)C)=C(\C)C(=O)O. The minimum absolute atomic E-state index is 0.538. The normalized spacial score (nSPS) is 12.9. The van der Waals surface area contributed by atoms with E-state index in [1.807, 2.05) is 0 Å². The van der Waals surface area contributed by atoms with Gasteiger partial charge in [-0.3, -0.25) is 0 Å². The molecule has 0 radical (unpaired) electrons. The Morgan fingerprint density at radius 3 is 2.29 bits per heavy atom. The molecule has 1 N–H and O–H groups in total. The van der Waals surface area contributed by atoms with E-state index in [0.29, 0.717) is 11.5 Å². The summed E-state index contributed by atoms with van der Waals surface area (Å²) in [5.74, 6) is -0.229. The number of rotatable bonds is 6. The molecule has 0 saturated carbocycles. The zero-order valence-electron chi connectivity index (χ0n) is 9.76. The first kappa shape index (κ1) is 13.2. The molecule has 0 aromatic carbocycles. The fourth-order valence-corrected chi connectivity index (χ4v) is 1.48. The molecule has 0 spiro atoms. The van der Waals surface area contributed by atoms with E-state index in [1.54, 1.807) is 6.92 Å². The second-order valence-corrected chi connectivity index (χ2v) is 4.24. The van der Waals surface area contributed by atoms with Crippen LogP contribution in [0.2, 0.25) is 0 Å². The molecule has 0 aliphatic heterocycles. The second-order valence-electron chi connectivity index (χ2n) is 4.24. The van der Waals surface area contributed by atoms with Crippen LogP contribution in [0.15, 0.2) is 11.1 Å². The third-order valence-electron chi connectivity index (χ3n) is 2.34. The van der Waals surface area contributed by atoms with Crippen LogP contribution in [0.25, 0.3) is 0 Å². The smallest absolute Gasteiger partial charge is 0.331 e. The molecule has 2 heteroatoms. The summed E-state index contributed by atoms with van der Waals surface area (Å²) in [6.45, 7) is 8.10. The molecule has 2 nitrogen and oxygen atoms in total. The number of carboxylic acids is 1. The van der Waals surface area contributed by atoms with E-state index in [0.717, 1.165) is 31.3 Å². The Balaban J connectivity index is 4.52. The van der Waals surface area contributed by atoms with E-state index >= 15 is 0 Å². The van der Waals surface area contributed by atoms with Crippen LogP contribution >= 0.6 is 0 Å². The van der Waals surface area contributed by atoms with Gasteiger partial charge in [-0.2, -0.15) is 0 Å². The zero-order chi connectivity index (χ0) is 11.1. The summed E-state index contributed by atoms with van der Waals surface area (Å²) in [6.07, 6.45) is 4.06. The minimum atomic E-state index is -0.767. The summed E-state index contributed by atoms with van der Waals surface area (Å²) in [4.78, 5) is 10.8. The predicted octanol–water partition coefficient (Wildman–Crippen LogP) is 3.62. The lowest BCUT2D eigenvalue weighted by Gasteiger charge is -2.11. The highest BCUT2D eigenvalue weighted by Gasteiger charge is 2.10. The van der Waals surface area contributed by atoms with Gasteiger partial charge in [-0.15, -0.1) is 0 Å². The lowest BCUT2D eigenvalue weighted by molar-refractivity contribution is -0.132. The summed E-state index contributed by atoms with van der Waals surface area (Å²) < 4.78 is 0. The molecule has 0 aliphatic rings. The number of unbranched alkanes of at least 4 members (excludes halogenated alkanes) is 1. The lowest BCUT2D eigenvalue weighted by Crippen LogP contribution is -2.04. The van der Waals surface area contributed by atoms with Gasteiger partial charge in [-0.25, -0.2) is 4.79 Å². The molecule has 0 aromatic heterocycles. The number of allylic oxidation sites excluding steroid dienone is 1. The van der Waals surface area contributed by atoms with Gasteiger partial charge in [0.1, 0.15) is 0 Å². The van der Waals surface area contributed by atoms with Gasteiger partial charge in [0.15, 0.2) is 0 Å². The Morgan fingerprint density at radius 2 is 1.93 bits per heavy atom. The first-order chi connectivity index (χ1) is 6.49. The fourth-order valence-electron chi connectivity index (χ4n) is 1.48. The number of hydrogen-bond donors (Lipinski definition) is 1. The summed E-state index contributed by atoms with van der Waals surface area (Å²) in [5.41, 5.74) is 1.67. The Labute approximate surface area is 87.0 Å². The molecule has 14 heavy (non-hydrogen) atoms. The van der Waals surface area contributed by atoms with E-state index in [-0.39, 0.29) is 0 Å². The Bertz CT molecular complexity index is 214. The first-order valence-electron chi connectivity index (χ1n) is 5.40. The molecular weight excluding hydrogens is 176 g/mol. The third kappa shape index (κ3) is 5.05. The number of carboxylic acid groups (broad SMARTS) is 1. The van der Waals surface area contributed by atoms with Crippen LogP contribution < -0.4 is 0 Å². The van der Waals surface area contributed by atoms with Crippen LogP contribution in [0.4, 0.5) is 0 Å². The average molecular weight is 198 g/mol. The maximum atomic E-state index is 10.8. The van der Waals surface area contributed by atoms with Crippen molar-refractivity contribution in [2.45, 2.75) is 53.4 Å². The molecule has 0 aromatic rings. The van der Waals surface area contributed by atoms with Crippen LogP contribution in [-0.2, 0) is 4.79 Å². The quantitative estimate of drug-likeness (QED) is 0.662. The molecule has 0 unspecified atom stereocenters. The molecule has 82 valence electrons. The van der Waals surface area contributed by atoms with Crippen molar-refractivity contribution in [2.75, 3.05) is 0 Å². The van der Waals surface area contributed by atoms with Gasteiger partial charge < -0.3 is 5.11 Å². The van der Waals surface area contributed by atoms with Gasteiger partial charge in [0.25, 0.3) is 0 Å². The molecule has 0 saturated heterocycles. The second kappa shape index (κ2) is 6.63. The van der Waals surface area contributed by atoms with Crippen LogP contribution in [0.5, 0.6) is 0 Å². The molecule has 0 rings (SSSR count). The highest BCUT2D eigenvalue weighted by molar-refractivity contribution is 5.86. The number of carbonyl (C=O) groups is 1. The molecule has 0 heterocycles. The van der Waals surface area contributed by atoms with Gasteiger partial charge in [0.05, 0.1) is 0 Å². The standard InChI is InChI=1S/C12H22O2/c1-5-6-7-11(8-9(2)3)10(4)12(13)14/h9H,5-8H2,1-4H3,(H,13,14)/b11-10-. The Hall–Kier alpha value is -0.790. The van der Waals surface area contributed by atoms with Crippen molar-refractivity contribution in [2.24, 2.45) is 5.92 Å². The van der Waals surface area contributed by atoms with E-state index in [2.05, 4.69) is 20.8 Å². The zero-order valence-corrected chi connectivity index (χ0v) is 9.76. The van der Waals surface area contributed by atoms with Gasteiger partial charge in [0.2, 0.25) is 0 Å². The number of aliphatic carboxylic acids is 1. The minimum Gasteiger partial charge on any atom is -0.478 e. The number of hydrogen-bond acceptors (Lipinski definition) is 1. The van der Waals surface area contributed by atoms with Crippen LogP contribution in [-0.4, -0.2) is 11.1 Å². The third-order valence-corrected chi connectivity index (χ3v) is 2.34. The lowest BCUT2D eigenvalue weighted by atomic mass is 9.94. The van der Waals surface area contributed by atoms with Crippen molar-refractivity contribution in [3.05, 3.63) is 11.1 Å². The highest BCUT2D eigenvalue weighted by Crippen LogP contribution is 2.21. The van der Waals surface area contributed by atoms with Crippen molar-refractivity contribution in [3.8, 4) is 0 Å². The maximum absolute atomic E-state index is 10.8. The topological polar surface area (TPSA) is 37.3 Å². The van der Waals surface area contributed by atoms with Crippen molar-refractivity contribution < 1.29 is 9.90 Å². The maximum Gasteiger partial charge on any atom is 0.331 e. The van der Waals surface area contributed by atoms with Crippen LogP contribution in [0.3, 0.4) is 0 Å². The molecule has 0 aliphatic carbocycles. The van der Waals surface area contributed by atoms with Crippen LogP contribution in [0, 0.1) is 5.92 Å². The average Bonchev–Trinajstić information content (AvgIpc) is 2.10. The summed E-state index contributed by atoms with van der Waals surface area (Å²) in [6, 6.07) is 0. The predicted molar refractivity (Wildman–Crippen MR) is 59.3 cm³/mol. The van der Waals surface area contributed by atoms with Gasteiger partial charge in [0, 0.05) is 5.57 Å². The van der Waals surface area contributed by atoms with Crippen molar-refractivity contribution >= 4 is 5.97 Å². The molecular formula is C12H22O2. The van der Waals surface area contributed by atoms with Gasteiger partial charge >= 0.3 is 5.97 Å². The summed E-state index contributed by atoms with van der Waals surface area (Å²) in [5, 5.41) is 8.91. The van der Waals surface area contributed by atoms with Gasteiger partial charge in [-0.05, 0) is 32.1 Å². The van der Waals surface area contributed by atoms with E-state index in [1.165, 1.54) is 0 Å². The Morgan fingerprint density at radius 1 is 1.36 bits per heavy atom. The molecule has 0 fully saturated rings. The van der Waals surface area contributed by atoms with Crippen molar-refractivity contribution in [1.82, 2.24) is 0 Å². The monoisotopic (exact) mass is 198 g/mol. The Kier molecular flexibility index (Phi) is 6.26. The fraction of sp³-hybridized carbons (Fsp3) is 0.750. The first-order valence-corrected chi connectivity index (χ1v) is 5.40. The molecule has 0 bridgehead atoms. The van der Waals surface area contributed by atoms with Crippen LogP contribution in [0.1, 0.15) is 53.4 Å². The highest BCUT2D eigenvalue weighted by atomic mass is 16.4.